The van der Waals surface area contributed by atoms with Crippen LogP contribution >= 0.6 is 0 Å². The highest BCUT2D eigenvalue weighted by Gasteiger charge is 2.30. The largest absolute Gasteiger partial charge is 0.356 e. The summed E-state index contributed by atoms with van der Waals surface area (Å²) in [6.45, 7) is 7.42. The van der Waals surface area contributed by atoms with E-state index in [-0.39, 0.29) is 22.6 Å². The van der Waals surface area contributed by atoms with E-state index in [1.165, 1.54) is 42.6 Å². The third-order valence-corrected chi connectivity index (χ3v) is 8.66. The van der Waals surface area contributed by atoms with Crippen LogP contribution in [0.25, 0.3) is 0 Å². The van der Waals surface area contributed by atoms with Crippen molar-refractivity contribution in [1.82, 2.24) is 14.5 Å². The second-order valence-corrected chi connectivity index (χ2v) is 11.3. The number of carbonyl (C=O) groups excluding carboxylic acids is 2. The van der Waals surface area contributed by atoms with Gasteiger partial charge in [-0.3, -0.25) is 9.59 Å². The Hall–Kier alpha value is -1.97. The molecule has 3 rings (SSSR count). The predicted octanol–water partition coefficient (Wildman–Crippen LogP) is 2.82. The number of sulfonamides is 1. The molecule has 2 N–H and O–H groups in total. The van der Waals surface area contributed by atoms with Gasteiger partial charge in [0.15, 0.2) is 0 Å². The van der Waals surface area contributed by atoms with Gasteiger partial charge in [-0.1, -0.05) is 6.42 Å². The molecule has 2 amide bonds. The van der Waals surface area contributed by atoms with E-state index in [1.54, 1.807) is 12.1 Å². The van der Waals surface area contributed by atoms with Gasteiger partial charge in [0.05, 0.1) is 4.90 Å². The Balaban J connectivity index is 1.38. The quantitative estimate of drug-likeness (QED) is 0.532. The van der Waals surface area contributed by atoms with Crippen molar-refractivity contribution in [3.05, 3.63) is 24.3 Å². The van der Waals surface area contributed by atoms with E-state index in [9.17, 15) is 18.0 Å². The maximum atomic E-state index is 12.9. The molecule has 0 saturated carbocycles. The molecule has 0 aromatic heterocycles. The van der Waals surface area contributed by atoms with Crippen molar-refractivity contribution in [1.29, 1.82) is 0 Å². The molecule has 2 aliphatic heterocycles. The zero-order valence-corrected chi connectivity index (χ0v) is 20.7. The number of carbonyl (C=O) groups is 2. The number of likely N-dealkylation sites (tertiary alicyclic amines) is 1. The minimum absolute atomic E-state index is 0.0663. The molecule has 2 heterocycles. The van der Waals surface area contributed by atoms with Crippen molar-refractivity contribution in [2.75, 3.05) is 38.0 Å². The van der Waals surface area contributed by atoms with Crippen molar-refractivity contribution in [2.45, 2.75) is 69.7 Å². The first-order valence-electron chi connectivity index (χ1n) is 12.1. The number of benzene rings is 1. The predicted molar refractivity (Wildman–Crippen MR) is 129 cm³/mol. The van der Waals surface area contributed by atoms with Crippen molar-refractivity contribution in [2.24, 2.45) is 5.92 Å². The van der Waals surface area contributed by atoms with Gasteiger partial charge >= 0.3 is 0 Å². The lowest BCUT2D eigenvalue weighted by Crippen LogP contribution is -2.40. The summed E-state index contributed by atoms with van der Waals surface area (Å²) >= 11 is 0. The van der Waals surface area contributed by atoms with Gasteiger partial charge in [0.2, 0.25) is 21.8 Å². The number of nitrogens with zero attached hydrogens (tertiary/aromatic N) is 2. The van der Waals surface area contributed by atoms with Gasteiger partial charge in [0.1, 0.15) is 0 Å². The third-order valence-electron chi connectivity index (χ3n) is 6.74. The molecule has 0 aliphatic carbocycles. The zero-order valence-electron chi connectivity index (χ0n) is 19.9. The minimum Gasteiger partial charge on any atom is -0.356 e. The molecule has 1 aromatic rings. The maximum absolute atomic E-state index is 12.9. The average molecular weight is 479 g/mol. The fraction of sp³-hybridized carbons (Fsp3) is 0.667. The molecule has 9 heteroatoms. The lowest BCUT2D eigenvalue weighted by molar-refractivity contribution is -0.122. The van der Waals surface area contributed by atoms with Crippen molar-refractivity contribution < 1.29 is 18.0 Å². The Bertz CT molecular complexity index is 896. The first-order chi connectivity index (χ1) is 15.8. The molecule has 2 aliphatic rings. The minimum atomic E-state index is -3.58. The molecule has 1 aromatic carbocycles. The number of rotatable bonds is 9. The third kappa shape index (κ3) is 7.52. The van der Waals surface area contributed by atoms with Crippen LogP contribution < -0.4 is 10.6 Å². The van der Waals surface area contributed by atoms with E-state index in [2.05, 4.69) is 22.5 Å². The number of hydrogen-bond donors (Lipinski definition) is 2. The van der Waals surface area contributed by atoms with Gasteiger partial charge in [0, 0.05) is 51.3 Å². The molecule has 0 spiro atoms. The Labute approximate surface area is 198 Å². The number of anilines is 1. The van der Waals surface area contributed by atoms with Gasteiger partial charge in [-0.25, -0.2) is 8.42 Å². The topological polar surface area (TPSA) is 98.8 Å². The first-order valence-corrected chi connectivity index (χ1v) is 13.6. The molecule has 33 heavy (non-hydrogen) atoms. The molecular weight excluding hydrogens is 440 g/mol. The Morgan fingerprint density at radius 2 is 1.73 bits per heavy atom. The van der Waals surface area contributed by atoms with Crippen molar-refractivity contribution >= 4 is 27.5 Å². The van der Waals surface area contributed by atoms with E-state index in [4.69, 9.17) is 0 Å². The fourth-order valence-electron chi connectivity index (χ4n) is 4.75. The Kier molecular flexibility index (Phi) is 9.28. The Morgan fingerprint density at radius 1 is 1.03 bits per heavy atom. The van der Waals surface area contributed by atoms with Crippen molar-refractivity contribution in [3.63, 3.8) is 0 Å². The van der Waals surface area contributed by atoms with E-state index < -0.39 is 10.0 Å². The average Bonchev–Trinajstić information content (AvgIpc) is 2.78. The van der Waals surface area contributed by atoms with E-state index in [0.29, 0.717) is 50.6 Å². The van der Waals surface area contributed by atoms with Crippen LogP contribution in [0.15, 0.2) is 29.2 Å². The molecule has 0 bridgehead atoms. The van der Waals surface area contributed by atoms with Crippen LogP contribution in [0.4, 0.5) is 5.69 Å². The molecule has 0 radical (unpaired) electrons. The summed E-state index contributed by atoms with van der Waals surface area (Å²) in [7, 11) is -3.58. The molecule has 0 unspecified atom stereocenters. The van der Waals surface area contributed by atoms with Gasteiger partial charge in [-0.05, 0) is 75.8 Å². The summed E-state index contributed by atoms with van der Waals surface area (Å²) in [5, 5.41) is 5.68. The van der Waals surface area contributed by atoms with Gasteiger partial charge < -0.3 is 15.5 Å². The molecule has 2 fully saturated rings. The summed E-state index contributed by atoms with van der Waals surface area (Å²) in [4.78, 5) is 26.2. The van der Waals surface area contributed by atoms with Crippen LogP contribution in [-0.4, -0.2) is 68.2 Å². The standard InChI is InChI=1S/C24H38N4O4S/c1-19-6-3-4-14-27(19)15-5-13-25-24(30)18-21-11-16-28(17-12-21)33(31,32)23-9-7-22(8-10-23)26-20(2)29/h7-10,19,21H,3-6,11-18H2,1-2H3,(H,25,30)(H,26,29)/t19-/m0/s1. The van der Waals surface area contributed by atoms with Crippen LogP contribution in [0, 0.1) is 5.92 Å². The summed E-state index contributed by atoms with van der Waals surface area (Å²) < 4.78 is 27.4. The van der Waals surface area contributed by atoms with Gasteiger partial charge in [0.25, 0.3) is 0 Å². The van der Waals surface area contributed by atoms with E-state index in [1.807, 2.05) is 0 Å². The van der Waals surface area contributed by atoms with Crippen LogP contribution in [0.3, 0.4) is 0 Å². The van der Waals surface area contributed by atoms with E-state index in [0.717, 1.165) is 19.5 Å². The van der Waals surface area contributed by atoms with Gasteiger partial charge in [-0.2, -0.15) is 4.31 Å². The fourth-order valence-corrected chi connectivity index (χ4v) is 6.22. The highest BCUT2D eigenvalue weighted by Crippen LogP contribution is 2.26. The summed E-state index contributed by atoms with van der Waals surface area (Å²) in [6.07, 6.45) is 6.65. The highest BCUT2D eigenvalue weighted by atomic mass is 32.2. The lowest BCUT2D eigenvalue weighted by Gasteiger charge is -2.33. The normalized spacial score (nSPS) is 21.0. The molecular formula is C24H38N4O4S. The maximum Gasteiger partial charge on any atom is 0.243 e. The SMILES string of the molecule is CC(=O)Nc1ccc(S(=O)(=O)N2CCC(CC(=O)NCCCN3CCCC[C@@H]3C)CC2)cc1. The molecule has 1 atom stereocenters. The van der Waals surface area contributed by atoms with Crippen LogP contribution in [-0.2, 0) is 19.6 Å². The smallest absolute Gasteiger partial charge is 0.243 e. The van der Waals surface area contributed by atoms with Crippen LogP contribution in [0.1, 0.15) is 58.8 Å². The van der Waals surface area contributed by atoms with Gasteiger partial charge in [-0.15, -0.1) is 0 Å². The first kappa shape index (κ1) is 25.6. The highest BCUT2D eigenvalue weighted by molar-refractivity contribution is 7.89. The lowest BCUT2D eigenvalue weighted by atomic mass is 9.94. The molecule has 8 nitrogen and oxygen atoms in total. The van der Waals surface area contributed by atoms with Crippen LogP contribution in [0.2, 0.25) is 0 Å². The summed E-state index contributed by atoms with van der Waals surface area (Å²) in [5.41, 5.74) is 0.566. The van der Waals surface area contributed by atoms with Crippen molar-refractivity contribution in [3.8, 4) is 0 Å². The van der Waals surface area contributed by atoms with E-state index >= 15 is 0 Å². The monoisotopic (exact) mass is 478 g/mol. The molecule has 184 valence electrons. The number of nitrogens with one attached hydrogen (secondary N) is 2. The summed E-state index contributed by atoms with van der Waals surface area (Å²) in [5.74, 6) is 0.0746. The second-order valence-electron chi connectivity index (χ2n) is 9.34. The molecule has 2 saturated heterocycles. The van der Waals surface area contributed by atoms with Crippen LogP contribution in [0.5, 0.6) is 0 Å². The number of hydrogen-bond acceptors (Lipinski definition) is 5. The summed E-state index contributed by atoms with van der Waals surface area (Å²) in [6, 6.07) is 6.87. The Morgan fingerprint density at radius 3 is 2.36 bits per heavy atom. The second kappa shape index (κ2) is 11.9. The zero-order chi connectivity index (χ0) is 23.8. The number of amides is 2. The number of piperidine rings is 2.